The number of nitrogens with zero attached hydrogens (tertiary/aromatic N) is 6. The van der Waals surface area contributed by atoms with Crippen LogP contribution >= 0.6 is 0 Å². The van der Waals surface area contributed by atoms with E-state index >= 15 is 0 Å². The minimum atomic E-state index is -0.117. The van der Waals surface area contributed by atoms with Gasteiger partial charge in [-0.2, -0.15) is 5.10 Å². The van der Waals surface area contributed by atoms with Crippen molar-refractivity contribution in [1.82, 2.24) is 35.0 Å². The van der Waals surface area contributed by atoms with Crippen LogP contribution in [0, 0.1) is 0 Å². The molecule has 1 fully saturated rings. The summed E-state index contributed by atoms with van der Waals surface area (Å²) < 4.78 is 2.98. The predicted octanol–water partition coefficient (Wildman–Crippen LogP) is -1.57. The van der Waals surface area contributed by atoms with Crippen molar-refractivity contribution >= 4 is 11.0 Å². The number of hydrogen-bond donors (Lipinski definition) is 1. The fourth-order valence-corrected chi connectivity index (χ4v) is 2.29. The van der Waals surface area contributed by atoms with E-state index in [9.17, 15) is 4.79 Å². The van der Waals surface area contributed by atoms with Gasteiger partial charge in [-0.05, 0) is 0 Å². The van der Waals surface area contributed by atoms with Gasteiger partial charge in [-0.15, -0.1) is 5.10 Å². The van der Waals surface area contributed by atoms with Crippen LogP contribution < -0.4 is 10.9 Å². The molecule has 0 aliphatic carbocycles. The molecular weight excluding hydrogens is 246 g/mol. The van der Waals surface area contributed by atoms with E-state index < -0.39 is 0 Å². The number of aromatic nitrogens is 5. The number of hydrogen-bond acceptors (Lipinski definition) is 6. The number of piperazine rings is 1. The van der Waals surface area contributed by atoms with Crippen LogP contribution in [0.3, 0.4) is 0 Å². The van der Waals surface area contributed by atoms with Crippen molar-refractivity contribution < 1.29 is 0 Å². The minimum Gasteiger partial charge on any atom is -0.314 e. The van der Waals surface area contributed by atoms with Gasteiger partial charge in [0.15, 0.2) is 5.65 Å². The van der Waals surface area contributed by atoms with Crippen LogP contribution in [0.5, 0.6) is 0 Å². The molecule has 0 spiro atoms. The zero-order chi connectivity index (χ0) is 13.2. The van der Waals surface area contributed by atoms with Gasteiger partial charge in [0.25, 0.3) is 5.56 Å². The highest BCUT2D eigenvalue weighted by molar-refractivity contribution is 5.72. The van der Waals surface area contributed by atoms with Crippen molar-refractivity contribution in [1.29, 1.82) is 0 Å². The van der Waals surface area contributed by atoms with E-state index in [-0.39, 0.29) is 5.56 Å². The summed E-state index contributed by atoms with van der Waals surface area (Å²) in [6.07, 6.45) is 1.55. The van der Waals surface area contributed by atoms with Crippen LogP contribution in [-0.4, -0.2) is 62.4 Å². The third-order valence-electron chi connectivity index (χ3n) is 3.46. The fourth-order valence-electron chi connectivity index (χ4n) is 2.29. The Labute approximate surface area is 110 Å². The van der Waals surface area contributed by atoms with Crippen molar-refractivity contribution in [2.24, 2.45) is 7.05 Å². The zero-order valence-electron chi connectivity index (χ0n) is 10.9. The molecule has 3 rings (SSSR count). The molecular formula is C11H17N7O. The molecule has 1 aliphatic heterocycles. The molecule has 0 aromatic carbocycles. The first kappa shape index (κ1) is 12.2. The van der Waals surface area contributed by atoms with Crippen LogP contribution in [0.4, 0.5) is 0 Å². The standard InChI is InChI=1S/C11H17N7O/c1-16-10-9(8-13-16)11(19)18(15-14-10)7-6-17-4-2-12-3-5-17/h8,12H,2-7H2,1H3. The Morgan fingerprint density at radius 3 is 2.89 bits per heavy atom. The van der Waals surface area contributed by atoms with Gasteiger partial charge in [-0.3, -0.25) is 9.69 Å². The first-order valence-corrected chi connectivity index (χ1v) is 6.44. The van der Waals surface area contributed by atoms with Crippen LogP contribution in [0.15, 0.2) is 11.0 Å². The Morgan fingerprint density at radius 2 is 2.11 bits per heavy atom. The second-order valence-corrected chi connectivity index (χ2v) is 4.71. The summed E-state index contributed by atoms with van der Waals surface area (Å²) in [5, 5.41) is 15.9. The van der Waals surface area contributed by atoms with E-state index in [1.807, 2.05) is 0 Å². The molecule has 2 aromatic heterocycles. The highest BCUT2D eigenvalue weighted by atomic mass is 16.1. The largest absolute Gasteiger partial charge is 0.314 e. The van der Waals surface area contributed by atoms with Gasteiger partial charge in [0.2, 0.25) is 0 Å². The quantitative estimate of drug-likeness (QED) is 0.720. The van der Waals surface area contributed by atoms with Crippen molar-refractivity contribution in [3.8, 4) is 0 Å². The van der Waals surface area contributed by atoms with Gasteiger partial charge in [-0.1, -0.05) is 5.21 Å². The Morgan fingerprint density at radius 1 is 1.32 bits per heavy atom. The van der Waals surface area contributed by atoms with Crippen molar-refractivity contribution in [2.75, 3.05) is 32.7 Å². The number of nitrogens with one attached hydrogen (secondary N) is 1. The first-order chi connectivity index (χ1) is 9.25. The smallest absolute Gasteiger partial charge is 0.280 e. The van der Waals surface area contributed by atoms with Crippen molar-refractivity contribution in [3.05, 3.63) is 16.6 Å². The normalized spacial score (nSPS) is 17.1. The van der Waals surface area contributed by atoms with E-state index in [0.717, 1.165) is 32.7 Å². The molecule has 0 saturated carbocycles. The summed E-state index contributed by atoms with van der Waals surface area (Å²) in [5.74, 6) is 0. The Balaban J connectivity index is 1.77. The molecule has 1 aliphatic rings. The number of fused-ring (bicyclic) bond motifs is 1. The average Bonchev–Trinajstić information content (AvgIpc) is 2.82. The predicted molar refractivity (Wildman–Crippen MR) is 69.9 cm³/mol. The van der Waals surface area contributed by atoms with Crippen LogP contribution in [0.2, 0.25) is 0 Å². The summed E-state index contributed by atoms with van der Waals surface area (Å²) in [6, 6.07) is 0. The Hall–Kier alpha value is -1.80. The monoisotopic (exact) mass is 263 g/mol. The van der Waals surface area contributed by atoms with E-state index in [1.165, 1.54) is 4.68 Å². The lowest BCUT2D eigenvalue weighted by Gasteiger charge is -2.26. The van der Waals surface area contributed by atoms with Crippen LogP contribution in [-0.2, 0) is 13.6 Å². The second-order valence-electron chi connectivity index (χ2n) is 4.71. The number of aryl methyl sites for hydroxylation is 1. The van der Waals surface area contributed by atoms with Crippen LogP contribution in [0.25, 0.3) is 11.0 Å². The van der Waals surface area contributed by atoms with Gasteiger partial charge in [0, 0.05) is 39.8 Å². The molecule has 0 bridgehead atoms. The molecule has 8 nitrogen and oxygen atoms in total. The third kappa shape index (κ3) is 2.36. The molecule has 0 unspecified atom stereocenters. The van der Waals surface area contributed by atoms with Gasteiger partial charge in [0.05, 0.1) is 12.7 Å². The highest BCUT2D eigenvalue weighted by Gasteiger charge is 2.12. The second kappa shape index (κ2) is 5.06. The topological polar surface area (TPSA) is 80.9 Å². The summed E-state index contributed by atoms with van der Waals surface area (Å²) >= 11 is 0. The lowest BCUT2D eigenvalue weighted by atomic mass is 10.3. The molecule has 102 valence electrons. The molecule has 2 aromatic rings. The van der Waals surface area contributed by atoms with E-state index in [2.05, 4.69) is 25.6 Å². The number of rotatable bonds is 3. The summed E-state index contributed by atoms with van der Waals surface area (Å²) in [7, 11) is 1.75. The maximum Gasteiger partial charge on any atom is 0.280 e. The molecule has 3 heterocycles. The molecule has 0 radical (unpaired) electrons. The Bertz CT molecular complexity index is 625. The minimum absolute atomic E-state index is 0.117. The van der Waals surface area contributed by atoms with E-state index in [4.69, 9.17) is 0 Å². The average molecular weight is 263 g/mol. The molecule has 0 atom stereocenters. The van der Waals surface area contributed by atoms with Gasteiger partial charge >= 0.3 is 0 Å². The summed E-state index contributed by atoms with van der Waals surface area (Å²) in [4.78, 5) is 14.5. The summed E-state index contributed by atoms with van der Waals surface area (Å²) in [5.41, 5.74) is 0.414. The first-order valence-electron chi connectivity index (χ1n) is 6.44. The van der Waals surface area contributed by atoms with E-state index in [1.54, 1.807) is 17.9 Å². The zero-order valence-corrected chi connectivity index (χ0v) is 10.9. The maximum absolute atomic E-state index is 12.2. The highest BCUT2D eigenvalue weighted by Crippen LogP contribution is 2.01. The SMILES string of the molecule is Cn1ncc2c(=O)n(CCN3CCNCC3)nnc21. The Kier molecular flexibility index (Phi) is 3.26. The maximum atomic E-state index is 12.2. The van der Waals surface area contributed by atoms with Gasteiger partial charge < -0.3 is 5.32 Å². The molecule has 19 heavy (non-hydrogen) atoms. The molecule has 1 N–H and O–H groups in total. The van der Waals surface area contributed by atoms with Gasteiger partial charge in [-0.25, -0.2) is 9.36 Å². The van der Waals surface area contributed by atoms with E-state index in [0.29, 0.717) is 17.6 Å². The van der Waals surface area contributed by atoms with Gasteiger partial charge in [0.1, 0.15) is 5.39 Å². The van der Waals surface area contributed by atoms with Crippen LogP contribution in [0.1, 0.15) is 0 Å². The molecule has 8 heteroatoms. The van der Waals surface area contributed by atoms with Crippen molar-refractivity contribution in [2.45, 2.75) is 6.54 Å². The lowest BCUT2D eigenvalue weighted by molar-refractivity contribution is 0.227. The molecule has 1 saturated heterocycles. The molecule has 0 amide bonds. The van der Waals surface area contributed by atoms with Crippen molar-refractivity contribution in [3.63, 3.8) is 0 Å². The fraction of sp³-hybridized carbons (Fsp3) is 0.636. The third-order valence-corrected chi connectivity index (χ3v) is 3.46. The lowest BCUT2D eigenvalue weighted by Crippen LogP contribution is -2.45. The summed E-state index contributed by atoms with van der Waals surface area (Å²) in [6.45, 7) is 5.41.